The van der Waals surface area contributed by atoms with Gasteiger partial charge in [0.1, 0.15) is 9.67 Å². The molecule has 0 atom stereocenters. The third-order valence-corrected chi connectivity index (χ3v) is 3.30. The molecule has 0 aromatic heterocycles. The van der Waals surface area contributed by atoms with Crippen LogP contribution in [0.5, 0.6) is 0 Å². The summed E-state index contributed by atoms with van der Waals surface area (Å²) in [6.45, 7) is 7.10. The molecule has 0 saturated heterocycles. The zero-order chi connectivity index (χ0) is 11.5. The van der Waals surface area contributed by atoms with E-state index in [2.05, 4.69) is 13.2 Å². The lowest BCUT2D eigenvalue weighted by molar-refractivity contribution is 1.37. The number of rotatable bonds is 4. The van der Waals surface area contributed by atoms with Gasteiger partial charge in [0.15, 0.2) is 0 Å². The first-order valence-corrected chi connectivity index (χ1v) is 5.79. The van der Waals surface area contributed by atoms with E-state index in [1.165, 1.54) is 0 Å². The molecule has 0 radical (unpaired) electrons. The molecule has 80 valence electrons. The Balaban J connectivity index is 4.94. The highest BCUT2D eigenvalue weighted by Gasteiger charge is 2.17. The van der Waals surface area contributed by atoms with Gasteiger partial charge in [-0.3, -0.25) is 0 Å². The Kier molecular flexibility index (Phi) is 6.97. The summed E-state index contributed by atoms with van der Waals surface area (Å²) < 4.78 is 0. The van der Waals surface area contributed by atoms with Crippen LogP contribution in [0.3, 0.4) is 0 Å². The van der Waals surface area contributed by atoms with Crippen molar-refractivity contribution < 1.29 is 0 Å². The fourth-order valence-electron chi connectivity index (χ4n) is 0.474. The zero-order valence-electron chi connectivity index (χ0n) is 6.84. The van der Waals surface area contributed by atoms with Crippen LogP contribution < -0.4 is 0 Å². The summed E-state index contributed by atoms with van der Waals surface area (Å²) in [5, 5.41) is 0.218. The van der Waals surface area contributed by atoms with Crippen molar-refractivity contribution in [3.63, 3.8) is 0 Å². The van der Waals surface area contributed by atoms with Crippen molar-refractivity contribution in [3.05, 3.63) is 34.4 Å². The van der Waals surface area contributed by atoms with Crippen LogP contribution in [0.25, 0.3) is 0 Å². The van der Waals surface area contributed by atoms with Gasteiger partial charge in [0.05, 0.1) is 10.1 Å². The van der Waals surface area contributed by atoms with Crippen LogP contribution in [-0.4, -0.2) is 9.67 Å². The van der Waals surface area contributed by atoms with Gasteiger partial charge in [0.25, 0.3) is 0 Å². The second-order valence-electron chi connectivity index (χ2n) is 2.28. The largest absolute Gasteiger partial charge is 0.133 e. The van der Waals surface area contributed by atoms with E-state index in [0.29, 0.717) is 0 Å². The monoisotopic (exact) mass is 312 g/mol. The molecule has 0 nitrogen and oxygen atoms in total. The number of halogens is 6. The molecule has 0 saturated carbocycles. The lowest BCUT2D eigenvalue weighted by Gasteiger charge is -2.10. The minimum atomic E-state index is -0.840. The maximum Gasteiger partial charge on any atom is 0.133 e. The van der Waals surface area contributed by atoms with Crippen molar-refractivity contribution in [2.45, 2.75) is 9.67 Å². The fraction of sp³-hybridized carbons (Fsp3) is 0.250. The summed E-state index contributed by atoms with van der Waals surface area (Å²) in [4.78, 5) is -1.68. The van der Waals surface area contributed by atoms with Gasteiger partial charge >= 0.3 is 0 Å². The third kappa shape index (κ3) is 4.22. The molecular formula is C8H6Cl6. The van der Waals surface area contributed by atoms with E-state index < -0.39 is 9.67 Å². The highest BCUT2D eigenvalue weighted by atomic mass is 35.5. The van der Waals surface area contributed by atoms with Gasteiger partial charge in [0.2, 0.25) is 0 Å². The molecule has 0 N–H and O–H groups in total. The van der Waals surface area contributed by atoms with Crippen LogP contribution >= 0.6 is 69.6 Å². The van der Waals surface area contributed by atoms with Crippen molar-refractivity contribution in [1.29, 1.82) is 0 Å². The SMILES string of the molecule is C=C(C(Cl)=C(Cl)C(=C)C(Cl)Cl)C(Cl)Cl. The van der Waals surface area contributed by atoms with Gasteiger partial charge in [-0.05, 0) is 11.1 Å². The second-order valence-corrected chi connectivity index (χ2v) is 5.23. The molecule has 6 heteroatoms. The first-order valence-electron chi connectivity index (χ1n) is 3.29. The quantitative estimate of drug-likeness (QED) is 0.482. The van der Waals surface area contributed by atoms with Gasteiger partial charge in [-0.1, -0.05) is 36.4 Å². The molecule has 0 aliphatic rings. The summed E-state index contributed by atoms with van der Waals surface area (Å²) in [6, 6.07) is 0. The van der Waals surface area contributed by atoms with E-state index in [0.717, 1.165) is 0 Å². The van der Waals surface area contributed by atoms with Crippen LogP contribution in [0, 0.1) is 0 Å². The zero-order valence-corrected chi connectivity index (χ0v) is 11.4. The predicted molar refractivity (Wildman–Crippen MR) is 68.0 cm³/mol. The Bertz CT molecular complexity index is 248. The minimum absolute atomic E-state index is 0.109. The normalized spacial score (nSPS) is 13.1. The van der Waals surface area contributed by atoms with Gasteiger partial charge in [0, 0.05) is 0 Å². The molecule has 0 amide bonds. The van der Waals surface area contributed by atoms with E-state index in [-0.39, 0.29) is 21.2 Å². The van der Waals surface area contributed by atoms with Crippen LogP contribution in [-0.2, 0) is 0 Å². The van der Waals surface area contributed by atoms with Crippen LogP contribution in [0.1, 0.15) is 0 Å². The van der Waals surface area contributed by atoms with Crippen molar-refractivity contribution in [1.82, 2.24) is 0 Å². The van der Waals surface area contributed by atoms with Crippen molar-refractivity contribution >= 4 is 69.6 Å². The number of hydrogen-bond donors (Lipinski definition) is 0. The Morgan fingerprint density at radius 1 is 0.714 bits per heavy atom. The minimum Gasteiger partial charge on any atom is -0.100 e. The molecule has 0 unspecified atom stereocenters. The van der Waals surface area contributed by atoms with E-state index in [1.54, 1.807) is 0 Å². The van der Waals surface area contributed by atoms with Crippen molar-refractivity contribution in [2.75, 3.05) is 0 Å². The maximum absolute atomic E-state index is 5.82. The summed E-state index contributed by atoms with van der Waals surface area (Å²) in [6.07, 6.45) is 0. The average molecular weight is 315 g/mol. The molecule has 0 bridgehead atoms. The van der Waals surface area contributed by atoms with Gasteiger partial charge in [-0.15, -0.1) is 46.4 Å². The average Bonchev–Trinajstić information content (AvgIpc) is 2.12. The number of alkyl halides is 4. The summed E-state index contributed by atoms with van der Waals surface area (Å²) in [7, 11) is 0. The number of allylic oxidation sites excluding steroid dienone is 4. The smallest absolute Gasteiger partial charge is 0.100 e. The van der Waals surface area contributed by atoms with Gasteiger partial charge in [-0.2, -0.15) is 0 Å². The molecule has 0 aromatic carbocycles. The van der Waals surface area contributed by atoms with E-state index in [1.807, 2.05) is 0 Å². The molecular weight excluding hydrogens is 309 g/mol. The van der Waals surface area contributed by atoms with Gasteiger partial charge in [-0.25, -0.2) is 0 Å². The van der Waals surface area contributed by atoms with Crippen molar-refractivity contribution in [2.24, 2.45) is 0 Å². The third-order valence-electron chi connectivity index (χ3n) is 1.28. The van der Waals surface area contributed by atoms with Crippen LogP contribution in [0.2, 0.25) is 0 Å². The molecule has 0 aliphatic heterocycles. The predicted octanol–water partition coefficient (Wildman–Crippen LogP) is 5.40. The Hall–Kier alpha value is 0.960. The Morgan fingerprint density at radius 2 is 0.929 bits per heavy atom. The molecule has 0 fully saturated rings. The highest BCUT2D eigenvalue weighted by molar-refractivity contribution is 6.51. The Labute approximate surface area is 113 Å². The molecule has 0 aliphatic carbocycles. The lowest BCUT2D eigenvalue weighted by Crippen LogP contribution is -1.99. The van der Waals surface area contributed by atoms with Crippen molar-refractivity contribution in [3.8, 4) is 0 Å². The van der Waals surface area contributed by atoms with E-state index >= 15 is 0 Å². The highest BCUT2D eigenvalue weighted by Crippen LogP contribution is 2.33. The second kappa shape index (κ2) is 6.52. The Morgan fingerprint density at radius 3 is 1.07 bits per heavy atom. The van der Waals surface area contributed by atoms with E-state index in [4.69, 9.17) is 69.6 Å². The lowest BCUT2D eigenvalue weighted by atomic mass is 10.2. The van der Waals surface area contributed by atoms with E-state index in [9.17, 15) is 0 Å². The molecule has 0 heterocycles. The molecule has 0 aromatic rings. The molecule has 0 rings (SSSR count). The van der Waals surface area contributed by atoms with Crippen LogP contribution in [0.4, 0.5) is 0 Å². The summed E-state index contributed by atoms with van der Waals surface area (Å²) in [5.41, 5.74) is 0.547. The number of hydrogen-bond acceptors (Lipinski definition) is 0. The van der Waals surface area contributed by atoms with Gasteiger partial charge < -0.3 is 0 Å². The molecule has 14 heavy (non-hydrogen) atoms. The standard InChI is InChI=1S/C8H6Cl6/c1-3(7(11)12)5(9)6(10)4(2)8(13)14/h7-8H,1-2H2. The summed E-state index contributed by atoms with van der Waals surface area (Å²) >= 11 is 33.8. The summed E-state index contributed by atoms with van der Waals surface area (Å²) in [5.74, 6) is 0. The molecule has 0 spiro atoms. The maximum atomic E-state index is 5.82. The fourth-order valence-corrected chi connectivity index (χ4v) is 1.59. The first kappa shape index (κ1) is 15.0. The topological polar surface area (TPSA) is 0 Å². The first-order chi connectivity index (χ1) is 6.29. The van der Waals surface area contributed by atoms with Crippen LogP contribution in [0.15, 0.2) is 34.4 Å².